The molecule has 0 aliphatic rings. The van der Waals surface area contributed by atoms with E-state index in [9.17, 15) is 4.57 Å². The zero-order chi connectivity index (χ0) is 17.8. The van der Waals surface area contributed by atoms with Crippen molar-refractivity contribution in [2.75, 3.05) is 6.61 Å². The van der Waals surface area contributed by atoms with Gasteiger partial charge in [0.05, 0.1) is 6.61 Å². The molecule has 0 saturated carbocycles. The second-order valence-corrected chi connectivity index (χ2v) is 7.31. The van der Waals surface area contributed by atoms with Crippen molar-refractivity contribution in [3.05, 3.63) is 6.92 Å². The van der Waals surface area contributed by atoms with Crippen molar-refractivity contribution < 1.29 is 48.4 Å². The molecule has 2 N–H and O–H groups in total. The summed E-state index contributed by atoms with van der Waals surface area (Å²) in [6.45, 7) is 8.32. The Bertz CT molecular complexity index is 255. The fourth-order valence-corrected chi connectivity index (χ4v) is 2.57. The molecule has 0 saturated heterocycles. The quantitative estimate of drug-likeness (QED) is 0.199. The van der Waals surface area contributed by atoms with Gasteiger partial charge in [-0.2, -0.15) is 6.42 Å². The monoisotopic (exact) mass is 374 g/mol. The second kappa shape index (κ2) is 24.1. The molecule has 0 rings (SSSR count). The number of unbranched alkanes of at least 4 members (excludes halogenated alkanes) is 12. The summed E-state index contributed by atoms with van der Waals surface area (Å²) in [5.74, 6) is 0. The zero-order valence-electron chi connectivity index (χ0n) is 16.5. The molecule has 6 heteroatoms. The molecular weight excluding hydrogens is 334 g/mol. The van der Waals surface area contributed by atoms with Gasteiger partial charge in [-0.1, -0.05) is 90.9 Å². The maximum absolute atomic E-state index is 10.4. The number of hydrogen-bond donors (Lipinski definition) is 2. The minimum Gasteiger partial charge on any atom is -0.343 e. The van der Waals surface area contributed by atoms with E-state index in [1.54, 1.807) is 0 Å². The molecule has 0 spiro atoms. The van der Waals surface area contributed by atoms with Gasteiger partial charge in [0.2, 0.25) is 0 Å². The van der Waals surface area contributed by atoms with Crippen LogP contribution < -0.4 is 29.6 Å². The van der Waals surface area contributed by atoms with Crippen molar-refractivity contribution in [1.82, 2.24) is 0 Å². The predicted molar refractivity (Wildman–Crippen MR) is 99.3 cm³/mol. The first-order valence-corrected chi connectivity index (χ1v) is 11.0. The normalized spacial score (nSPS) is 10.7. The number of phosphoric acid groups is 1. The molecule has 142 valence electrons. The topological polar surface area (TPSA) is 66.8 Å². The maximum Gasteiger partial charge on any atom is 1.00 e. The minimum atomic E-state index is -4.24. The fourth-order valence-electron chi connectivity index (χ4n) is 2.20. The first-order chi connectivity index (χ1) is 11.0. The summed E-state index contributed by atoms with van der Waals surface area (Å²) in [6.07, 6.45) is 17.1. The third kappa shape index (κ3) is 34.4. The summed E-state index contributed by atoms with van der Waals surface area (Å²) < 4.78 is 14.7. The van der Waals surface area contributed by atoms with Gasteiger partial charge in [-0.3, -0.25) is 4.52 Å². The van der Waals surface area contributed by atoms with Crippen molar-refractivity contribution in [1.29, 1.82) is 0 Å². The van der Waals surface area contributed by atoms with E-state index in [4.69, 9.17) is 9.79 Å². The van der Waals surface area contributed by atoms with E-state index >= 15 is 0 Å². The van der Waals surface area contributed by atoms with E-state index in [-0.39, 0.29) is 36.2 Å². The number of rotatable bonds is 15. The van der Waals surface area contributed by atoms with Crippen molar-refractivity contribution in [2.24, 2.45) is 0 Å². The van der Waals surface area contributed by atoms with E-state index in [1.807, 2.05) is 0 Å². The Hall–Kier alpha value is 1.11. The van der Waals surface area contributed by atoms with E-state index in [0.717, 1.165) is 25.7 Å². The largest absolute Gasteiger partial charge is 1.00 e. The van der Waals surface area contributed by atoms with Crippen LogP contribution in [-0.2, 0) is 9.09 Å². The average Bonchev–Trinajstić information content (AvgIpc) is 2.50. The van der Waals surface area contributed by atoms with Crippen LogP contribution in [0.3, 0.4) is 0 Å². The molecule has 0 atom stereocenters. The van der Waals surface area contributed by atoms with Crippen molar-refractivity contribution in [3.63, 3.8) is 0 Å². The molecular formula is C18H40NaO4P. The van der Waals surface area contributed by atoms with Crippen LogP contribution in [0.2, 0.25) is 0 Å². The fraction of sp³-hybridized carbons (Fsp3) is 0.944. The summed E-state index contributed by atoms with van der Waals surface area (Å²) in [4.78, 5) is 16.9. The summed E-state index contributed by atoms with van der Waals surface area (Å²) in [6, 6.07) is 0. The summed E-state index contributed by atoms with van der Waals surface area (Å²) in [5.41, 5.74) is 0. The van der Waals surface area contributed by atoms with Gasteiger partial charge in [-0.05, 0) is 6.42 Å². The van der Waals surface area contributed by atoms with Crippen LogP contribution in [0.15, 0.2) is 0 Å². The SMILES string of the molecule is CCCCCCCCCCCCOP(=O)(O)O.[CH2-]CCCCC.[Na+]. The van der Waals surface area contributed by atoms with Gasteiger partial charge < -0.3 is 16.7 Å². The van der Waals surface area contributed by atoms with Crippen LogP contribution in [0.1, 0.15) is 104 Å². The van der Waals surface area contributed by atoms with Gasteiger partial charge in [0.1, 0.15) is 0 Å². The van der Waals surface area contributed by atoms with E-state index in [0.29, 0.717) is 0 Å². The number of hydrogen-bond acceptors (Lipinski definition) is 2. The molecule has 24 heavy (non-hydrogen) atoms. The van der Waals surface area contributed by atoms with Gasteiger partial charge >= 0.3 is 37.4 Å². The smallest absolute Gasteiger partial charge is 0.343 e. The van der Waals surface area contributed by atoms with Gasteiger partial charge in [0.15, 0.2) is 0 Å². The van der Waals surface area contributed by atoms with Gasteiger partial charge in [-0.25, -0.2) is 4.57 Å². The molecule has 0 aromatic heterocycles. The van der Waals surface area contributed by atoms with E-state index < -0.39 is 7.82 Å². The first kappa shape index (κ1) is 29.9. The molecule has 0 aliphatic carbocycles. The molecule has 4 nitrogen and oxygen atoms in total. The predicted octanol–water partition coefficient (Wildman–Crippen LogP) is 3.42. The van der Waals surface area contributed by atoms with Gasteiger partial charge in [-0.15, -0.1) is 0 Å². The Labute approximate surface area is 173 Å². The molecule has 0 bridgehead atoms. The Morgan fingerprint density at radius 1 is 0.750 bits per heavy atom. The second-order valence-electron chi connectivity index (χ2n) is 6.07. The summed E-state index contributed by atoms with van der Waals surface area (Å²) in [5, 5.41) is 0. The van der Waals surface area contributed by atoms with Crippen molar-refractivity contribution >= 4 is 7.82 Å². The number of phosphoric ester groups is 1. The molecule has 0 radical (unpaired) electrons. The van der Waals surface area contributed by atoms with Crippen LogP contribution >= 0.6 is 7.82 Å². The molecule has 0 amide bonds. The maximum atomic E-state index is 10.4. The van der Waals surface area contributed by atoms with E-state index in [1.165, 1.54) is 64.2 Å². The Morgan fingerprint density at radius 2 is 1.12 bits per heavy atom. The summed E-state index contributed by atoms with van der Waals surface area (Å²) >= 11 is 0. The van der Waals surface area contributed by atoms with Crippen molar-refractivity contribution in [2.45, 2.75) is 104 Å². The third-order valence-corrected chi connectivity index (χ3v) is 4.13. The molecule has 0 aromatic carbocycles. The molecule has 0 heterocycles. The van der Waals surface area contributed by atoms with Crippen LogP contribution in [-0.4, -0.2) is 16.4 Å². The molecule has 0 unspecified atom stereocenters. The Kier molecular flexibility index (Phi) is 30.0. The van der Waals surface area contributed by atoms with E-state index in [2.05, 4.69) is 25.3 Å². The van der Waals surface area contributed by atoms with Crippen LogP contribution in [0.5, 0.6) is 0 Å². The minimum absolute atomic E-state index is 0. The van der Waals surface area contributed by atoms with Gasteiger partial charge in [0.25, 0.3) is 0 Å². The first-order valence-electron chi connectivity index (χ1n) is 9.47. The van der Waals surface area contributed by atoms with Crippen LogP contribution in [0.4, 0.5) is 0 Å². The van der Waals surface area contributed by atoms with Crippen molar-refractivity contribution in [3.8, 4) is 0 Å². The zero-order valence-corrected chi connectivity index (χ0v) is 19.4. The Balaban J connectivity index is -0.000000538. The summed E-state index contributed by atoms with van der Waals surface area (Å²) in [7, 11) is -4.24. The average molecular weight is 374 g/mol. The Morgan fingerprint density at radius 3 is 1.46 bits per heavy atom. The van der Waals surface area contributed by atoms with Crippen LogP contribution in [0, 0.1) is 6.92 Å². The van der Waals surface area contributed by atoms with Crippen LogP contribution in [0.25, 0.3) is 0 Å². The molecule has 0 aliphatic heterocycles. The van der Waals surface area contributed by atoms with Gasteiger partial charge in [0, 0.05) is 0 Å². The molecule has 0 aromatic rings. The third-order valence-electron chi connectivity index (χ3n) is 3.61. The molecule has 0 fully saturated rings. The standard InChI is InChI=1S/C12H27O4P.C6H13.Na/c1-2-3-4-5-6-7-8-9-10-11-12-16-17(13,14)15;1-3-5-6-4-2;/h2-12H2,1H3,(H2,13,14,15);1,3-6H2,2H3;/q;-1;+1.